The van der Waals surface area contributed by atoms with E-state index in [2.05, 4.69) is 69.4 Å². The van der Waals surface area contributed by atoms with Crippen molar-refractivity contribution >= 4 is 5.69 Å². The van der Waals surface area contributed by atoms with Crippen LogP contribution in [0.15, 0.2) is 36.4 Å². The van der Waals surface area contributed by atoms with Crippen LogP contribution in [0.25, 0.3) is 0 Å². The van der Waals surface area contributed by atoms with Gasteiger partial charge in [-0.05, 0) is 67.6 Å². The summed E-state index contributed by atoms with van der Waals surface area (Å²) in [5.74, 6) is 0. The van der Waals surface area contributed by atoms with E-state index in [9.17, 15) is 0 Å². The Balaban J connectivity index is 2.14. The van der Waals surface area contributed by atoms with Gasteiger partial charge in [0.25, 0.3) is 0 Å². The molecule has 1 heteroatoms. The van der Waals surface area contributed by atoms with Crippen LogP contribution in [0, 0.1) is 27.7 Å². The molecule has 0 radical (unpaired) electrons. The second-order valence-corrected chi connectivity index (χ2v) is 5.02. The number of aryl methyl sites for hydroxylation is 4. The Hall–Kier alpha value is -1.76. The highest BCUT2D eigenvalue weighted by Crippen LogP contribution is 2.18. The predicted molar refractivity (Wildman–Crippen MR) is 79.2 cm³/mol. The Morgan fingerprint density at radius 2 is 1.44 bits per heavy atom. The van der Waals surface area contributed by atoms with E-state index in [-0.39, 0.29) is 0 Å². The number of nitrogens with one attached hydrogen (secondary N) is 1. The van der Waals surface area contributed by atoms with Gasteiger partial charge in [-0.15, -0.1) is 0 Å². The molecule has 18 heavy (non-hydrogen) atoms. The van der Waals surface area contributed by atoms with Gasteiger partial charge < -0.3 is 5.32 Å². The average Bonchev–Trinajstić information content (AvgIpc) is 2.33. The zero-order valence-electron chi connectivity index (χ0n) is 11.7. The second kappa shape index (κ2) is 5.26. The summed E-state index contributed by atoms with van der Waals surface area (Å²) in [5, 5.41) is 3.51. The Labute approximate surface area is 110 Å². The van der Waals surface area contributed by atoms with Gasteiger partial charge in [0.2, 0.25) is 0 Å². The summed E-state index contributed by atoms with van der Waals surface area (Å²) in [6.45, 7) is 9.53. The lowest BCUT2D eigenvalue weighted by atomic mass is 10.0. The summed E-state index contributed by atoms with van der Waals surface area (Å²) in [6.07, 6.45) is 0. The zero-order chi connectivity index (χ0) is 13.1. The minimum atomic E-state index is 0.890. The maximum absolute atomic E-state index is 3.51. The Bertz CT molecular complexity index is 535. The highest BCUT2D eigenvalue weighted by atomic mass is 14.9. The summed E-state index contributed by atoms with van der Waals surface area (Å²) in [7, 11) is 0. The molecule has 1 nitrogen and oxygen atoms in total. The third kappa shape index (κ3) is 2.73. The van der Waals surface area contributed by atoms with Crippen molar-refractivity contribution in [1.29, 1.82) is 0 Å². The number of rotatable bonds is 3. The quantitative estimate of drug-likeness (QED) is 0.829. The van der Waals surface area contributed by atoms with Crippen LogP contribution in [0.1, 0.15) is 27.8 Å². The zero-order valence-corrected chi connectivity index (χ0v) is 11.7. The topological polar surface area (TPSA) is 12.0 Å². The average molecular weight is 239 g/mol. The monoisotopic (exact) mass is 239 g/mol. The van der Waals surface area contributed by atoms with Crippen LogP contribution in [0.3, 0.4) is 0 Å². The molecule has 0 aromatic heterocycles. The van der Waals surface area contributed by atoms with Gasteiger partial charge in [-0.1, -0.05) is 24.3 Å². The van der Waals surface area contributed by atoms with E-state index in [0.717, 1.165) is 6.54 Å². The van der Waals surface area contributed by atoms with Gasteiger partial charge in [0.1, 0.15) is 0 Å². The van der Waals surface area contributed by atoms with Gasteiger partial charge >= 0.3 is 0 Å². The van der Waals surface area contributed by atoms with E-state index in [0.29, 0.717) is 0 Å². The van der Waals surface area contributed by atoms with Crippen LogP contribution >= 0.6 is 0 Å². The fraction of sp³-hybridized carbons (Fsp3) is 0.294. The maximum atomic E-state index is 3.51. The molecule has 0 saturated heterocycles. The van der Waals surface area contributed by atoms with E-state index >= 15 is 0 Å². The third-order valence-electron chi connectivity index (χ3n) is 3.62. The Kier molecular flexibility index (Phi) is 3.71. The van der Waals surface area contributed by atoms with Crippen LogP contribution < -0.4 is 5.32 Å². The van der Waals surface area contributed by atoms with Crippen molar-refractivity contribution in [3.05, 3.63) is 64.2 Å². The Morgan fingerprint density at radius 1 is 0.778 bits per heavy atom. The van der Waals surface area contributed by atoms with Crippen molar-refractivity contribution in [2.24, 2.45) is 0 Å². The Morgan fingerprint density at radius 3 is 2.06 bits per heavy atom. The molecule has 2 rings (SSSR count). The number of hydrogen-bond donors (Lipinski definition) is 1. The van der Waals surface area contributed by atoms with E-state index < -0.39 is 0 Å². The van der Waals surface area contributed by atoms with Gasteiger partial charge in [0.15, 0.2) is 0 Å². The molecule has 0 bridgehead atoms. The summed E-state index contributed by atoms with van der Waals surface area (Å²) in [4.78, 5) is 0. The molecule has 94 valence electrons. The maximum Gasteiger partial charge on any atom is 0.0406 e. The fourth-order valence-corrected chi connectivity index (χ4v) is 2.17. The first-order valence-corrected chi connectivity index (χ1v) is 6.44. The summed E-state index contributed by atoms with van der Waals surface area (Å²) in [5.41, 5.74) is 7.98. The largest absolute Gasteiger partial charge is 0.381 e. The van der Waals surface area contributed by atoms with Crippen molar-refractivity contribution in [2.45, 2.75) is 34.2 Å². The number of benzene rings is 2. The van der Waals surface area contributed by atoms with Gasteiger partial charge in [0.05, 0.1) is 0 Å². The van der Waals surface area contributed by atoms with E-state index in [1.54, 1.807) is 0 Å². The predicted octanol–water partition coefficient (Wildman–Crippen LogP) is 4.53. The highest BCUT2D eigenvalue weighted by molar-refractivity contribution is 5.49. The highest BCUT2D eigenvalue weighted by Gasteiger charge is 2.02. The van der Waals surface area contributed by atoms with Crippen LogP contribution in [0.4, 0.5) is 5.69 Å². The SMILES string of the molecule is Cc1ccc(NCc2c(C)cccc2C)cc1C. The van der Waals surface area contributed by atoms with Crippen molar-refractivity contribution in [1.82, 2.24) is 0 Å². The summed E-state index contributed by atoms with van der Waals surface area (Å²) in [6, 6.07) is 13.0. The molecule has 0 aliphatic carbocycles. The molecule has 0 heterocycles. The summed E-state index contributed by atoms with van der Waals surface area (Å²) < 4.78 is 0. The van der Waals surface area contributed by atoms with Crippen LogP contribution in [0.2, 0.25) is 0 Å². The molecule has 0 saturated carbocycles. The minimum Gasteiger partial charge on any atom is -0.381 e. The molecule has 0 spiro atoms. The van der Waals surface area contributed by atoms with E-state index in [1.807, 2.05) is 0 Å². The minimum absolute atomic E-state index is 0.890. The van der Waals surface area contributed by atoms with Crippen molar-refractivity contribution < 1.29 is 0 Å². The second-order valence-electron chi connectivity index (χ2n) is 5.02. The van der Waals surface area contributed by atoms with Crippen molar-refractivity contribution in [3.8, 4) is 0 Å². The lowest BCUT2D eigenvalue weighted by Crippen LogP contribution is -2.03. The van der Waals surface area contributed by atoms with Gasteiger partial charge in [0, 0.05) is 12.2 Å². The van der Waals surface area contributed by atoms with E-state index in [1.165, 1.54) is 33.5 Å². The first-order valence-electron chi connectivity index (χ1n) is 6.44. The van der Waals surface area contributed by atoms with Crippen LogP contribution in [-0.2, 0) is 6.54 Å². The first-order chi connectivity index (χ1) is 8.58. The molecule has 0 unspecified atom stereocenters. The van der Waals surface area contributed by atoms with Crippen molar-refractivity contribution in [2.75, 3.05) is 5.32 Å². The molecule has 0 fully saturated rings. The molecule has 0 amide bonds. The first kappa shape index (κ1) is 12.7. The smallest absolute Gasteiger partial charge is 0.0406 e. The molecule has 2 aromatic rings. The standard InChI is InChI=1S/C17H21N/c1-12-8-9-16(10-15(12)4)18-11-17-13(2)6-5-7-14(17)3/h5-10,18H,11H2,1-4H3. The summed E-state index contributed by atoms with van der Waals surface area (Å²) >= 11 is 0. The van der Waals surface area contributed by atoms with E-state index in [4.69, 9.17) is 0 Å². The number of anilines is 1. The third-order valence-corrected chi connectivity index (χ3v) is 3.62. The van der Waals surface area contributed by atoms with Gasteiger partial charge in [-0.3, -0.25) is 0 Å². The molecular formula is C17H21N. The lowest BCUT2D eigenvalue weighted by molar-refractivity contribution is 1.09. The lowest BCUT2D eigenvalue weighted by Gasteiger charge is -2.13. The van der Waals surface area contributed by atoms with Crippen LogP contribution in [0.5, 0.6) is 0 Å². The molecule has 0 atom stereocenters. The van der Waals surface area contributed by atoms with Crippen molar-refractivity contribution in [3.63, 3.8) is 0 Å². The molecular weight excluding hydrogens is 218 g/mol. The molecule has 2 aromatic carbocycles. The normalized spacial score (nSPS) is 10.4. The molecule has 0 aliphatic heterocycles. The molecule has 0 aliphatic rings. The number of hydrogen-bond acceptors (Lipinski definition) is 1. The van der Waals surface area contributed by atoms with Crippen LogP contribution in [-0.4, -0.2) is 0 Å². The molecule has 1 N–H and O–H groups in total. The van der Waals surface area contributed by atoms with Gasteiger partial charge in [-0.25, -0.2) is 0 Å². The fourth-order valence-electron chi connectivity index (χ4n) is 2.17. The van der Waals surface area contributed by atoms with Gasteiger partial charge in [-0.2, -0.15) is 0 Å².